The molecule has 0 saturated heterocycles. The predicted octanol–water partition coefficient (Wildman–Crippen LogP) is 1.51. The van der Waals surface area contributed by atoms with Crippen molar-refractivity contribution in [1.82, 2.24) is 15.3 Å². The molecule has 0 aliphatic rings. The second-order valence-corrected chi connectivity index (χ2v) is 4.92. The monoisotopic (exact) mass is 243 g/mol. The normalized spacial score (nSPS) is 11.5. The number of nitrogens with one attached hydrogen (secondary N) is 2. The van der Waals surface area contributed by atoms with E-state index in [0.717, 1.165) is 13.1 Å². The Labute approximate surface area is 101 Å². The summed E-state index contributed by atoms with van der Waals surface area (Å²) in [4.78, 5) is 7.79. The standard InChI is InChI=1S/C10H18ClN5/c1-10(2,3)14-5-4-13-8-6-7(11)15-9(12)16-8/h6,14H,4-5H2,1-3H3,(H3,12,13,15,16). The number of nitrogen functional groups attached to an aromatic ring is 1. The van der Waals surface area contributed by atoms with Crippen LogP contribution in [0.5, 0.6) is 0 Å². The lowest BCUT2D eigenvalue weighted by Gasteiger charge is -2.20. The Balaban J connectivity index is 2.37. The Kier molecular flexibility index (Phi) is 4.32. The summed E-state index contributed by atoms with van der Waals surface area (Å²) in [5.74, 6) is 0.826. The Bertz CT molecular complexity index is 327. The van der Waals surface area contributed by atoms with Crippen LogP contribution in [0.25, 0.3) is 0 Å². The number of anilines is 2. The minimum atomic E-state index is 0.115. The molecule has 0 saturated carbocycles. The molecule has 1 aromatic heterocycles. The predicted molar refractivity (Wildman–Crippen MR) is 67.7 cm³/mol. The van der Waals surface area contributed by atoms with E-state index in [-0.39, 0.29) is 11.5 Å². The van der Waals surface area contributed by atoms with Gasteiger partial charge in [0.05, 0.1) is 0 Å². The molecule has 1 heterocycles. The Hall–Kier alpha value is -1.07. The quantitative estimate of drug-likeness (QED) is 0.552. The lowest BCUT2D eigenvalue weighted by molar-refractivity contribution is 0.435. The molecule has 0 spiro atoms. The highest BCUT2D eigenvalue weighted by molar-refractivity contribution is 6.29. The molecule has 4 N–H and O–H groups in total. The summed E-state index contributed by atoms with van der Waals surface area (Å²) in [6, 6.07) is 1.65. The van der Waals surface area contributed by atoms with Gasteiger partial charge in [0, 0.05) is 24.7 Å². The van der Waals surface area contributed by atoms with Crippen molar-refractivity contribution in [2.75, 3.05) is 24.1 Å². The largest absolute Gasteiger partial charge is 0.369 e. The molecular formula is C10H18ClN5. The summed E-state index contributed by atoms with van der Waals surface area (Å²) in [7, 11) is 0. The number of rotatable bonds is 4. The molecule has 0 fully saturated rings. The summed E-state index contributed by atoms with van der Waals surface area (Å²) in [6.45, 7) is 7.95. The minimum absolute atomic E-state index is 0.115. The molecule has 0 aromatic carbocycles. The second kappa shape index (κ2) is 5.32. The molecule has 0 bridgehead atoms. The fraction of sp³-hybridized carbons (Fsp3) is 0.600. The topological polar surface area (TPSA) is 75.9 Å². The number of aromatic nitrogens is 2. The zero-order valence-electron chi connectivity index (χ0n) is 9.84. The number of hydrogen-bond donors (Lipinski definition) is 3. The number of halogens is 1. The highest BCUT2D eigenvalue weighted by Crippen LogP contribution is 2.11. The number of nitrogens with zero attached hydrogens (tertiary/aromatic N) is 2. The summed E-state index contributed by atoms with van der Waals surface area (Å²) in [5.41, 5.74) is 5.59. The maximum absolute atomic E-state index is 5.75. The molecule has 6 heteroatoms. The van der Waals surface area contributed by atoms with Gasteiger partial charge in [-0.2, -0.15) is 4.98 Å². The fourth-order valence-electron chi connectivity index (χ4n) is 1.15. The van der Waals surface area contributed by atoms with E-state index >= 15 is 0 Å². The smallest absolute Gasteiger partial charge is 0.223 e. The van der Waals surface area contributed by atoms with Crippen LogP contribution in [0.15, 0.2) is 6.07 Å². The van der Waals surface area contributed by atoms with Crippen LogP contribution in [-0.2, 0) is 0 Å². The van der Waals surface area contributed by atoms with Crippen molar-refractivity contribution in [3.63, 3.8) is 0 Å². The molecule has 0 unspecified atom stereocenters. The third-order valence-electron chi connectivity index (χ3n) is 1.80. The van der Waals surface area contributed by atoms with Crippen LogP contribution in [0, 0.1) is 0 Å². The van der Waals surface area contributed by atoms with E-state index in [2.05, 4.69) is 41.4 Å². The Morgan fingerprint density at radius 3 is 2.56 bits per heavy atom. The third-order valence-corrected chi connectivity index (χ3v) is 1.99. The SMILES string of the molecule is CC(C)(C)NCCNc1cc(Cl)nc(N)n1. The Morgan fingerprint density at radius 2 is 2.00 bits per heavy atom. The van der Waals surface area contributed by atoms with Crippen LogP contribution in [0.2, 0.25) is 5.15 Å². The van der Waals surface area contributed by atoms with E-state index in [4.69, 9.17) is 17.3 Å². The summed E-state index contributed by atoms with van der Waals surface area (Å²) < 4.78 is 0. The highest BCUT2D eigenvalue weighted by atomic mass is 35.5. The molecule has 0 atom stereocenters. The zero-order valence-corrected chi connectivity index (χ0v) is 10.6. The molecule has 16 heavy (non-hydrogen) atoms. The van der Waals surface area contributed by atoms with E-state index in [1.807, 2.05) is 0 Å². The van der Waals surface area contributed by atoms with Gasteiger partial charge in [0.2, 0.25) is 5.95 Å². The van der Waals surface area contributed by atoms with Crippen molar-refractivity contribution in [1.29, 1.82) is 0 Å². The van der Waals surface area contributed by atoms with Gasteiger partial charge in [-0.05, 0) is 20.8 Å². The Morgan fingerprint density at radius 1 is 1.31 bits per heavy atom. The van der Waals surface area contributed by atoms with Gasteiger partial charge in [0.15, 0.2) is 0 Å². The van der Waals surface area contributed by atoms with Crippen LogP contribution in [0.3, 0.4) is 0 Å². The van der Waals surface area contributed by atoms with Gasteiger partial charge in [-0.25, -0.2) is 4.98 Å². The third kappa shape index (κ3) is 5.14. The van der Waals surface area contributed by atoms with E-state index in [0.29, 0.717) is 11.0 Å². The first-order chi connectivity index (χ1) is 7.37. The molecule has 5 nitrogen and oxygen atoms in total. The highest BCUT2D eigenvalue weighted by Gasteiger charge is 2.07. The van der Waals surface area contributed by atoms with Gasteiger partial charge in [-0.3, -0.25) is 0 Å². The van der Waals surface area contributed by atoms with Gasteiger partial charge in [-0.1, -0.05) is 11.6 Å². The van der Waals surface area contributed by atoms with Crippen LogP contribution < -0.4 is 16.4 Å². The average molecular weight is 244 g/mol. The van der Waals surface area contributed by atoms with E-state index in [1.165, 1.54) is 0 Å². The van der Waals surface area contributed by atoms with E-state index in [1.54, 1.807) is 6.07 Å². The summed E-state index contributed by atoms with van der Waals surface area (Å²) in [5, 5.41) is 6.82. The zero-order chi connectivity index (χ0) is 12.2. The first-order valence-electron chi connectivity index (χ1n) is 5.16. The maximum Gasteiger partial charge on any atom is 0.223 e. The second-order valence-electron chi connectivity index (χ2n) is 4.54. The first kappa shape index (κ1) is 13.0. The number of nitrogens with two attached hydrogens (primary N) is 1. The van der Waals surface area contributed by atoms with Crippen molar-refractivity contribution >= 4 is 23.4 Å². The van der Waals surface area contributed by atoms with Crippen molar-refractivity contribution in [3.8, 4) is 0 Å². The molecule has 90 valence electrons. The molecule has 0 aliphatic carbocycles. The van der Waals surface area contributed by atoms with Crippen LogP contribution >= 0.6 is 11.6 Å². The lowest BCUT2D eigenvalue weighted by atomic mass is 10.1. The van der Waals surface area contributed by atoms with Gasteiger partial charge in [-0.15, -0.1) is 0 Å². The van der Waals surface area contributed by atoms with Crippen LogP contribution in [-0.4, -0.2) is 28.6 Å². The summed E-state index contributed by atoms with van der Waals surface area (Å²) >= 11 is 5.75. The lowest BCUT2D eigenvalue weighted by Crippen LogP contribution is -2.38. The van der Waals surface area contributed by atoms with Gasteiger partial charge in [0.1, 0.15) is 11.0 Å². The molecule has 1 aromatic rings. The van der Waals surface area contributed by atoms with Crippen molar-refractivity contribution in [3.05, 3.63) is 11.2 Å². The summed E-state index contributed by atoms with van der Waals surface area (Å²) in [6.07, 6.45) is 0. The van der Waals surface area contributed by atoms with Crippen LogP contribution in [0.1, 0.15) is 20.8 Å². The van der Waals surface area contributed by atoms with E-state index in [9.17, 15) is 0 Å². The number of hydrogen-bond acceptors (Lipinski definition) is 5. The fourth-order valence-corrected chi connectivity index (χ4v) is 1.34. The molecule has 0 amide bonds. The van der Waals surface area contributed by atoms with Gasteiger partial charge < -0.3 is 16.4 Å². The minimum Gasteiger partial charge on any atom is -0.369 e. The van der Waals surface area contributed by atoms with Crippen LogP contribution in [0.4, 0.5) is 11.8 Å². The first-order valence-corrected chi connectivity index (χ1v) is 5.53. The molecule has 0 radical (unpaired) electrons. The van der Waals surface area contributed by atoms with Crippen molar-refractivity contribution in [2.45, 2.75) is 26.3 Å². The van der Waals surface area contributed by atoms with Crippen molar-refractivity contribution < 1.29 is 0 Å². The van der Waals surface area contributed by atoms with Crippen molar-refractivity contribution in [2.24, 2.45) is 0 Å². The molecular weight excluding hydrogens is 226 g/mol. The van der Waals surface area contributed by atoms with Gasteiger partial charge in [0.25, 0.3) is 0 Å². The van der Waals surface area contributed by atoms with E-state index < -0.39 is 0 Å². The maximum atomic E-state index is 5.75. The van der Waals surface area contributed by atoms with Gasteiger partial charge >= 0.3 is 0 Å². The molecule has 0 aliphatic heterocycles. The average Bonchev–Trinajstić information content (AvgIpc) is 2.09. The molecule has 1 rings (SSSR count).